The molecule has 0 aliphatic heterocycles. The summed E-state index contributed by atoms with van der Waals surface area (Å²) < 4.78 is 0. The van der Waals surface area contributed by atoms with E-state index in [1.807, 2.05) is 0 Å². The Labute approximate surface area is 101 Å². The fourth-order valence-electron chi connectivity index (χ4n) is 1.11. The third-order valence-corrected chi connectivity index (χ3v) is 2.11. The molecule has 1 aromatic rings. The van der Waals surface area contributed by atoms with Gasteiger partial charge in [-0.1, -0.05) is 6.92 Å². The Morgan fingerprint density at radius 1 is 1.29 bits per heavy atom. The molecule has 0 bridgehead atoms. The van der Waals surface area contributed by atoms with Crippen molar-refractivity contribution in [2.75, 3.05) is 37.8 Å². The van der Waals surface area contributed by atoms with Crippen molar-refractivity contribution in [1.29, 1.82) is 0 Å². The van der Waals surface area contributed by atoms with Gasteiger partial charge in [0.05, 0.1) is 18.9 Å². The lowest BCUT2D eigenvalue weighted by Crippen LogP contribution is -2.28. The van der Waals surface area contributed by atoms with E-state index in [0.29, 0.717) is 11.6 Å². The van der Waals surface area contributed by atoms with Crippen molar-refractivity contribution in [3.8, 4) is 0 Å². The molecular formula is C11H19N5O. The molecule has 0 radical (unpaired) electrons. The summed E-state index contributed by atoms with van der Waals surface area (Å²) in [6, 6.07) is 0. The predicted octanol–water partition coefficient (Wildman–Crippen LogP) is 0.799. The maximum Gasteiger partial charge on any atom is 0.241 e. The Kier molecular flexibility index (Phi) is 5.19. The van der Waals surface area contributed by atoms with E-state index in [4.69, 9.17) is 0 Å². The fraction of sp³-hybridized carbons (Fsp3) is 0.545. The van der Waals surface area contributed by atoms with E-state index in [9.17, 15) is 4.79 Å². The van der Waals surface area contributed by atoms with E-state index >= 15 is 0 Å². The first-order valence-corrected chi connectivity index (χ1v) is 5.63. The Hall–Kier alpha value is -1.85. The monoisotopic (exact) mass is 237 g/mol. The molecule has 6 heteroatoms. The number of hydrogen-bond acceptors (Lipinski definition) is 5. The minimum atomic E-state index is -0.00118. The third-order valence-electron chi connectivity index (χ3n) is 2.11. The Morgan fingerprint density at radius 3 is 2.53 bits per heavy atom. The molecule has 94 valence electrons. The van der Waals surface area contributed by atoms with Crippen molar-refractivity contribution < 1.29 is 4.79 Å². The van der Waals surface area contributed by atoms with E-state index in [0.717, 1.165) is 13.0 Å². The van der Waals surface area contributed by atoms with Gasteiger partial charge in [-0.2, -0.15) is 0 Å². The van der Waals surface area contributed by atoms with Crippen LogP contribution in [0, 0.1) is 0 Å². The zero-order chi connectivity index (χ0) is 12.7. The molecule has 0 saturated carbocycles. The molecule has 0 aliphatic rings. The summed E-state index contributed by atoms with van der Waals surface area (Å²) in [6.45, 7) is 3.16. The second-order valence-electron chi connectivity index (χ2n) is 3.86. The van der Waals surface area contributed by atoms with Gasteiger partial charge in [0, 0.05) is 20.6 Å². The molecule has 17 heavy (non-hydrogen) atoms. The van der Waals surface area contributed by atoms with Crippen LogP contribution < -0.4 is 10.6 Å². The van der Waals surface area contributed by atoms with Crippen LogP contribution in [0.2, 0.25) is 0 Å². The molecule has 0 fully saturated rings. The summed E-state index contributed by atoms with van der Waals surface area (Å²) in [5.74, 6) is 1.31. The van der Waals surface area contributed by atoms with Crippen molar-refractivity contribution in [3.05, 3.63) is 12.4 Å². The summed E-state index contributed by atoms with van der Waals surface area (Å²) in [5.41, 5.74) is 0. The lowest BCUT2D eigenvalue weighted by molar-refractivity contribution is -0.126. The van der Waals surface area contributed by atoms with Crippen LogP contribution in [0.4, 0.5) is 11.6 Å². The molecule has 0 saturated heterocycles. The van der Waals surface area contributed by atoms with Crippen LogP contribution in [-0.2, 0) is 4.79 Å². The second kappa shape index (κ2) is 6.67. The standard InChI is InChI=1S/C11H19N5O/c1-4-5-13-9-6-12-7-10(15-9)14-8-11(17)16(2)3/h6-7H,4-5,8H2,1-3H3,(H2,13,14,15). The molecular weight excluding hydrogens is 218 g/mol. The zero-order valence-electron chi connectivity index (χ0n) is 10.5. The zero-order valence-corrected chi connectivity index (χ0v) is 10.5. The number of carbonyl (C=O) groups excluding carboxylic acids is 1. The Bertz CT molecular complexity index is 367. The van der Waals surface area contributed by atoms with E-state index in [-0.39, 0.29) is 12.5 Å². The van der Waals surface area contributed by atoms with Crippen LogP contribution in [0.5, 0.6) is 0 Å². The maximum absolute atomic E-state index is 11.4. The highest BCUT2D eigenvalue weighted by Crippen LogP contribution is 2.06. The van der Waals surface area contributed by atoms with Gasteiger partial charge in [0.15, 0.2) is 0 Å². The molecule has 2 N–H and O–H groups in total. The Morgan fingerprint density at radius 2 is 1.94 bits per heavy atom. The first-order chi connectivity index (χ1) is 8.13. The van der Waals surface area contributed by atoms with E-state index in [2.05, 4.69) is 27.5 Å². The number of likely N-dealkylation sites (N-methyl/N-ethyl adjacent to an activating group) is 1. The predicted molar refractivity (Wildman–Crippen MR) is 68.0 cm³/mol. The lowest BCUT2D eigenvalue weighted by Gasteiger charge is -2.11. The largest absolute Gasteiger partial charge is 0.369 e. The molecule has 0 aliphatic carbocycles. The number of nitrogens with one attached hydrogen (secondary N) is 2. The normalized spacial score (nSPS) is 9.82. The number of hydrogen-bond donors (Lipinski definition) is 2. The first kappa shape index (κ1) is 13.2. The number of amides is 1. The van der Waals surface area contributed by atoms with Crippen molar-refractivity contribution in [2.24, 2.45) is 0 Å². The number of aromatic nitrogens is 2. The molecule has 0 atom stereocenters. The molecule has 1 aromatic heterocycles. The van der Waals surface area contributed by atoms with Crippen LogP contribution in [0.25, 0.3) is 0 Å². The van der Waals surface area contributed by atoms with Gasteiger partial charge >= 0.3 is 0 Å². The van der Waals surface area contributed by atoms with Gasteiger partial charge in [-0.25, -0.2) is 4.98 Å². The average molecular weight is 237 g/mol. The molecule has 0 spiro atoms. The van der Waals surface area contributed by atoms with Crippen molar-refractivity contribution in [3.63, 3.8) is 0 Å². The van der Waals surface area contributed by atoms with Gasteiger partial charge in [-0.15, -0.1) is 0 Å². The molecule has 1 rings (SSSR count). The summed E-state index contributed by atoms with van der Waals surface area (Å²) in [5, 5.41) is 6.07. The van der Waals surface area contributed by atoms with Crippen molar-refractivity contribution in [2.45, 2.75) is 13.3 Å². The summed E-state index contributed by atoms with van der Waals surface area (Å²) in [4.78, 5) is 21.2. The maximum atomic E-state index is 11.4. The van der Waals surface area contributed by atoms with Crippen LogP contribution in [-0.4, -0.2) is 48.0 Å². The van der Waals surface area contributed by atoms with Gasteiger partial charge in [0.1, 0.15) is 11.6 Å². The van der Waals surface area contributed by atoms with Gasteiger partial charge in [-0.05, 0) is 6.42 Å². The van der Waals surface area contributed by atoms with Crippen LogP contribution in [0.3, 0.4) is 0 Å². The van der Waals surface area contributed by atoms with Gasteiger partial charge in [0.2, 0.25) is 5.91 Å². The SMILES string of the molecule is CCCNc1cncc(NCC(=O)N(C)C)n1. The lowest BCUT2D eigenvalue weighted by atomic mass is 10.5. The Balaban J connectivity index is 2.51. The first-order valence-electron chi connectivity index (χ1n) is 5.63. The molecule has 0 aromatic carbocycles. The fourth-order valence-corrected chi connectivity index (χ4v) is 1.11. The third kappa shape index (κ3) is 4.67. The summed E-state index contributed by atoms with van der Waals surface area (Å²) >= 11 is 0. The van der Waals surface area contributed by atoms with Crippen molar-refractivity contribution in [1.82, 2.24) is 14.9 Å². The summed E-state index contributed by atoms with van der Waals surface area (Å²) in [7, 11) is 3.43. The minimum absolute atomic E-state index is 0.00118. The highest BCUT2D eigenvalue weighted by molar-refractivity contribution is 5.80. The minimum Gasteiger partial charge on any atom is -0.369 e. The van der Waals surface area contributed by atoms with E-state index < -0.39 is 0 Å². The van der Waals surface area contributed by atoms with Crippen LogP contribution in [0.15, 0.2) is 12.4 Å². The molecule has 6 nitrogen and oxygen atoms in total. The average Bonchev–Trinajstić information content (AvgIpc) is 2.33. The highest BCUT2D eigenvalue weighted by Gasteiger charge is 2.04. The quantitative estimate of drug-likeness (QED) is 0.765. The number of rotatable bonds is 6. The van der Waals surface area contributed by atoms with Crippen LogP contribution >= 0.6 is 0 Å². The highest BCUT2D eigenvalue weighted by atomic mass is 16.2. The van der Waals surface area contributed by atoms with E-state index in [1.165, 1.54) is 4.90 Å². The van der Waals surface area contributed by atoms with Gasteiger partial charge < -0.3 is 15.5 Å². The van der Waals surface area contributed by atoms with Crippen molar-refractivity contribution >= 4 is 17.5 Å². The van der Waals surface area contributed by atoms with E-state index in [1.54, 1.807) is 26.5 Å². The number of anilines is 2. The smallest absolute Gasteiger partial charge is 0.241 e. The van der Waals surface area contributed by atoms with Crippen LogP contribution in [0.1, 0.15) is 13.3 Å². The topological polar surface area (TPSA) is 70.2 Å². The summed E-state index contributed by atoms with van der Waals surface area (Å²) in [6.07, 6.45) is 4.28. The van der Waals surface area contributed by atoms with Gasteiger partial charge in [0.25, 0.3) is 0 Å². The molecule has 0 unspecified atom stereocenters. The van der Waals surface area contributed by atoms with Gasteiger partial charge in [-0.3, -0.25) is 9.78 Å². The molecule has 1 heterocycles. The number of carbonyl (C=O) groups is 1. The second-order valence-corrected chi connectivity index (χ2v) is 3.86. The molecule has 1 amide bonds. The number of nitrogens with zero attached hydrogens (tertiary/aromatic N) is 3.